The van der Waals surface area contributed by atoms with Crippen LogP contribution in [-0.2, 0) is 110 Å². The van der Waals surface area contributed by atoms with Crippen molar-refractivity contribution in [1.29, 1.82) is 5.26 Å². The number of ether oxygens (including phenoxy) is 12. The number of esters is 11. The molecule has 0 amide bonds. The zero-order valence-corrected chi connectivity index (χ0v) is 51.9. The number of hydrogen-bond donors (Lipinski definition) is 0. The molecule has 0 spiro atoms. The first-order chi connectivity index (χ1) is 40.8. The van der Waals surface area contributed by atoms with Crippen molar-refractivity contribution in [3.05, 3.63) is 0 Å². The molecule has 0 N–H and O–H groups in total. The van der Waals surface area contributed by atoms with Crippen molar-refractivity contribution in [2.75, 3.05) is 19.8 Å². The van der Waals surface area contributed by atoms with Gasteiger partial charge in [0.05, 0.1) is 58.0 Å². The van der Waals surface area contributed by atoms with Crippen molar-refractivity contribution in [2.24, 2.45) is 80.3 Å². The SMILES string of the molecule is CCC(C)(C)C(=O)OC1C2CC3C1OC(=O)C3(C#N)C2.CCC(C)(C)C(=O)OCC(=O)OC1C2CC3C(=O)OC1C3C2.CCC(C)(C)C(=O)OCC(=O)OC1C2CC3C(=O)OC1C3O2.CCC(C)(C)C(=O)OCCC(=O)OC1C2CC3C(=O)OC1C3C2. The number of nitriles is 1. The highest BCUT2D eigenvalue weighted by atomic mass is 16.7. The molecule has 6 aliphatic heterocycles. The molecule has 480 valence electrons. The van der Waals surface area contributed by atoms with E-state index in [-0.39, 0.29) is 145 Å². The molecule has 0 aromatic carbocycles. The van der Waals surface area contributed by atoms with Crippen molar-refractivity contribution in [2.45, 2.75) is 221 Å². The van der Waals surface area contributed by atoms with Crippen LogP contribution in [0.2, 0.25) is 0 Å². The van der Waals surface area contributed by atoms with Crippen LogP contribution in [0.3, 0.4) is 0 Å². The number of rotatable bonds is 19. The van der Waals surface area contributed by atoms with E-state index < -0.39 is 87.8 Å². The largest absolute Gasteiger partial charge is 0.465 e. The van der Waals surface area contributed by atoms with Gasteiger partial charge in [-0.05, 0) is 126 Å². The minimum absolute atomic E-state index is 0.00636. The van der Waals surface area contributed by atoms with Gasteiger partial charge in [0.25, 0.3) is 0 Å². The Bertz CT molecular complexity index is 2720. The normalized spacial score (nSPS) is 36.5. The summed E-state index contributed by atoms with van der Waals surface area (Å²) in [5, 5.41) is 9.31. The number of carbonyl (C=O) groups excluding carboxylic acids is 11. The van der Waals surface area contributed by atoms with Gasteiger partial charge in [0.2, 0.25) is 0 Å². The molecule has 20 unspecified atom stereocenters. The second kappa shape index (κ2) is 24.5. The average molecular weight is 1220 g/mol. The highest BCUT2D eigenvalue weighted by molar-refractivity contribution is 5.85. The summed E-state index contributed by atoms with van der Waals surface area (Å²) in [5.74, 6) is -3.46. The molecule has 0 aromatic heterocycles. The minimum Gasteiger partial charge on any atom is -0.465 e. The van der Waals surface area contributed by atoms with Gasteiger partial charge in [-0.2, -0.15) is 5.26 Å². The van der Waals surface area contributed by atoms with Gasteiger partial charge in [-0.1, -0.05) is 27.7 Å². The van der Waals surface area contributed by atoms with Crippen LogP contribution >= 0.6 is 0 Å². The lowest BCUT2D eigenvalue weighted by molar-refractivity contribution is -0.172. The highest BCUT2D eigenvalue weighted by Crippen LogP contribution is 2.63. The Morgan fingerprint density at radius 3 is 1.41 bits per heavy atom. The van der Waals surface area contributed by atoms with E-state index in [0.29, 0.717) is 38.5 Å². The molecule has 6 saturated heterocycles. The lowest BCUT2D eigenvalue weighted by Gasteiger charge is -2.30. The minimum atomic E-state index is -0.974. The second-order valence-electron chi connectivity index (χ2n) is 28.2. The Kier molecular flexibility index (Phi) is 18.4. The van der Waals surface area contributed by atoms with Gasteiger partial charge in [0.1, 0.15) is 49.3 Å². The summed E-state index contributed by atoms with van der Waals surface area (Å²) in [6, 6.07) is 2.15. The summed E-state index contributed by atoms with van der Waals surface area (Å²) in [7, 11) is 0. The Morgan fingerprint density at radius 2 is 0.920 bits per heavy atom. The third-order valence-corrected chi connectivity index (χ3v) is 21.4. The van der Waals surface area contributed by atoms with E-state index >= 15 is 0 Å². The number of carbonyl (C=O) groups is 11. The van der Waals surface area contributed by atoms with Crippen LogP contribution in [0.1, 0.15) is 160 Å². The molecular formula is C63H85NO23. The van der Waals surface area contributed by atoms with Gasteiger partial charge in [0, 0.05) is 35.5 Å². The van der Waals surface area contributed by atoms with Gasteiger partial charge in [-0.15, -0.1) is 0 Å². The van der Waals surface area contributed by atoms with E-state index in [4.69, 9.17) is 56.8 Å². The van der Waals surface area contributed by atoms with E-state index in [9.17, 15) is 58.0 Å². The van der Waals surface area contributed by atoms with Gasteiger partial charge in [0.15, 0.2) is 30.8 Å². The van der Waals surface area contributed by atoms with Crippen LogP contribution in [0.25, 0.3) is 0 Å². The topological polar surface area (TPSA) is 322 Å². The van der Waals surface area contributed by atoms with E-state index in [1.807, 2.05) is 55.4 Å². The Balaban J connectivity index is 0.000000138. The molecular weight excluding hydrogens is 1140 g/mol. The van der Waals surface area contributed by atoms with E-state index in [0.717, 1.165) is 32.1 Å². The predicted molar refractivity (Wildman–Crippen MR) is 293 cm³/mol. The number of fused-ring (bicyclic) bond motifs is 4. The maximum Gasteiger partial charge on any atom is 0.344 e. The zero-order valence-electron chi connectivity index (χ0n) is 51.9. The molecule has 87 heavy (non-hydrogen) atoms. The van der Waals surface area contributed by atoms with Crippen molar-refractivity contribution >= 4 is 65.7 Å². The monoisotopic (exact) mass is 1220 g/mol. The smallest absolute Gasteiger partial charge is 0.344 e. The fourth-order valence-corrected chi connectivity index (χ4v) is 14.3. The fraction of sp³-hybridized carbons (Fsp3) is 0.810. The molecule has 0 aromatic rings. The van der Waals surface area contributed by atoms with Crippen molar-refractivity contribution in [1.82, 2.24) is 0 Å². The molecule has 24 heteroatoms. The number of hydrogen-bond acceptors (Lipinski definition) is 24. The molecule has 0 radical (unpaired) electrons. The van der Waals surface area contributed by atoms with Gasteiger partial charge < -0.3 is 56.8 Å². The molecule has 12 aliphatic rings. The fourth-order valence-electron chi connectivity index (χ4n) is 14.3. The third-order valence-electron chi connectivity index (χ3n) is 21.4. The van der Waals surface area contributed by atoms with Crippen molar-refractivity contribution in [3.63, 3.8) is 0 Å². The Labute approximate surface area is 506 Å². The standard InChI is InChI=1S/C17H24O6.C16H22O6.C15H19NO4.C15H20O7/c1-4-17(2,3)16(20)21-6-5-12(18)22-13-9-7-10-11(8-9)15(19)23-14(10)13;1-4-16(2,3)15(19)20-7-11(17)21-12-8-5-9-10(6-8)14(18)22-13(9)12;1-4-14(2,3)12(17)19-10-8-5-9-11(10)20-13(18)15(9,6-8)7-16;1-4-15(2,3)14(18)19-6-9(16)21-11-8-5-7-10(20-8)12(11)22-13(7)17/h9-11,13-14H,4-8H2,1-3H3;8-10,12-13H,4-7H2,1-3H3;8-11H,4-6H2,1-3H3;7-8,10-12H,4-6H2,1-3H3. The average Bonchev–Trinajstić information content (AvgIpc) is 1.60. The Hall–Kier alpha value is -6.38. The molecule has 6 heterocycles. The summed E-state index contributed by atoms with van der Waals surface area (Å²) in [4.78, 5) is 130. The summed E-state index contributed by atoms with van der Waals surface area (Å²) in [6.45, 7) is 21.2. The molecule has 12 rings (SSSR count). The summed E-state index contributed by atoms with van der Waals surface area (Å²) >= 11 is 0. The van der Waals surface area contributed by atoms with Crippen LogP contribution in [0.5, 0.6) is 0 Å². The number of nitrogens with zero attached hydrogens (tertiary/aromatic N) is 1. The summed E-state index contributed by atoms with van der Waals surface area (Å²) < 4.78 is 63.9. The Morgan fingerprint density at radius 1 is 0.483 bits per heavy atom. The lowest BCUT2D eigenvalue weighted by Crippen LogP contribution is -2.42. The molecule has 24 nitrogen and oxygen atoms in total. The highest BCUT2D eigenvalue weighted by Gasteiger charge is 2.73. The van der Waals surface area contributed by atoms with Crippen LogP contribution in [0.15, 0.2) is 0 Å². The molecule has 6 aliphatic carbocycles. The maximum atomic E-state index is 12.2. The van der Waals surface area contributed by atoms with Gasteiger partial charge in [-0.3, -0.25) is 43.2 Å². The van der Waals surface area contributed by atoms with Crippen LogP contribution in [0.4, 0.5) is 0 Å². The van der Waals surface area contributed by atoms with E-state index in [1.54, 1.807) is 27.7 Å². The first kappa shape index (κ1) is 65.1. The van der Waals surface area contributed by atoms with Crippen molar-refractivity contribution < 1.29 is 110 Å². The van der Waals surface area contributed by atoms with Gasteiger partial charge in [-0.25, -0.2) is 9.59 Å². The molecule has 12 fully saturated rings. The van der Waals surface area contributed by atoms with E-state index in [2.05, 4.69) is 6.07 Å². The van der Waals surface area contributed by atoms with Crippen LogP contribution in [0, 0.1) is 91.7 Å². The molecule has 20 atom stereocenters. The van der Waals surface area contributed by atoms with Crippen molar-refractivity contribution in [3.8, 4) is 6.07 Å². The van der Waals surface area contributed by atoms with Crippen LogP contribution < -0.4 is 0 Å². The maximum absolute atomic E-state index is 12.2. The van der Waals surface area contributed by atoms with Gasteiger partial charge >= 0.3 is 65.7 Å². The third kappa shape index (κ3) is 12.3. The lowest BCUT2D eigenvalue weighted by atomic mass is 9.74. The second-order valence-corrected chi connectivity index (χ2v) is 28.2. The molecule has 8 bridgehead atoms. The zero-order chi connectivity index (χ0) is 63.6. The summed E-state index contributed by atoms with van der Waals surface area (Å²) in [6.07, 6.45) is 3.85. The predicted octanol–water partition coefficient (Wildman–Crippen LogP) is 5.71. The summed E-state index contributed by atoms with van der Waals surface area (Å²) in [5.41, 5.74) is -3.29. The molecule has 6 saturated carbocycles. The first-order valence-electron chi connectivity index (χ1n) is 31.1. The first-order valence-corrected chi connectivity index (χ1v) is 31.1. The van der Waals surface area contributed by atoms with Crippen LogP contribution in [-0.4, -0.2) is 147 Å². The van der Waals surface area contributed by atoms with E-state index in [1.165, 1.54) is 0 Å². The quantitative estimate of drug-likeness (QED) is 0.110.